The van der Waals surface area contributed by atoms with Crippen molar-refractivity contribution >= 4 is 27.2 Å². The van der Waals surface area contributed by atoms with Gasteiger partial charge >= 0.3 is 6.18 Å². The van der Waals surface area contributed by atoms with Crippen molar-refractivity contribution in [2.75, 3.05) is 5.73 Å². The molecule has 0 spiro atoms. The number of thiophene rings is 1. The second-order valence-electron chi connectivity index (χ2n) is 4.05. The first kappa shape index (κ1) is 13.6. The molecular weight excluding hydrogens is 275 g/mol. The van der Waals surface area contributed by atoms with Gasteiger partial charge in [-0.1, -0.05) is 6.92 Å². The van der Waals surface area contributed by atoms with Crippen LogP contribution in [-0.2, 0) is 12.6 Å². The van der Waals surface area contributed by atoms with Crippen molar-refractivity contribution in [1.29, 1.82) is 5.26 Å². The Balaban J connectivity index is 3.00. The second-order valence-corrected chi connectivity index (χ2v) is 5.05. The van der Waals surface area contributed by atoms with Crippen LogP contribution in [0.3, 0.4) is 0 Å². The molecule has 0 aromatic carbocycles. The highest BCUT2D eigenvalue weighted by Gasteiger charge is 2.37. The minimum atomic E-state index is -4.52. The maximum atomic E-state index is 13.2. The van der Waals surface area contributed by atoms with Gasteiger partial charge in [-0.2, -0.15) is 18.4 Å². The van der Waals surface area contributed by atoms with Gasteiger partial charge in [0.05, 0.1) is 11.3 Å². The first-order valence-electron chi connectivity index (χ1n) is 5.50. The van der Waals surface area contributed by atoms with Crippen molar-refractivity contribution in [1.82, 2.24) is 4.98 Å². The number of aromatic nitrogens is 1. The van der Waals surface area contributed by atoms with E-state index in [2.05, 4.69) is 4.98 Å². The highest BCUT2D eigenvalue weighted by atomic mass is 32.1. The Morgan fingerprint density at radius 2 is 2.05 bits per heavy atom. The molecule has 19 heavy (non-hydrogen) atoms. The molecule has 0 radical (unpaired) electrons. The molecule has 2 heterocycles. The number of nitriles is 1. The van der Waals surface area contributed by atoms with Crippen LogP contribution in [0.2, 0.25) is 0 Å². The van der Waals surface area contributed by atoms with Crippen LogP contribution in [0.1, 0.15) is 28.6 Å². The lowest BCUT2D eigenvalue weighted by molar-refractivity contribution is -0.136. The summed E-state index contributed by atoms with van der Waals surface area (Å²) < 4.78 is 39.7. The number of nitrogens with zero attached hydrogens (tertiary/aromatic N) is 2. The fourth-order valence-electron chi connectivity index (χ4n) is 2.07. The highest BCUT2D eigenvalue weighted by Crippen LogP contribution is 2.43. The number of halogens is 3. The summed E-state index contributed by atoms with van der Waals surface area (Å²) in [5, 5.41) is 8.73. The van der Waals surface area contributed by atoms with Gasteiger partial charge in [0, 0.05) is 11.1 Å². The molecule has 2 rings (SSSR count). The van der Waals surface area contributed by atoms with Crippen LogP contribution in [0.4, 0.5) is 18.9 Å². The molecule has 0 atom stereocenters. The Morgan fingerprint density at radius 3 is 2.53 bits per heavy atom. The lowest BCUT2D eigenvalue weighted by Gasteiger charge is -2.14. The third-order valence-electron chi connectivity index (χ3n) is 2.94. The van der Waals surface area contributed by atoms with Gasteiger partial charge in [0.25, 0.3) is 0 Å². The van der Waals surface area contributed by atoms with Crippen molar-refractivity contribution in [3.05, 3.63) is 21.7 Å². The smallest absolute Gasteiger partial charge is 0.396 e. The summed E-state index contributed by atoms with van der Waals surface area (Å²) >= 11 is 0.895. The highest BCUT2D eigenvalue weighted by molar-refractivity contribution is 7.19. The molecule has 7 heteroatoms. The summed E-state index contributed by atoms with van der Waals surface area (Å²) in [4.78, 5) is 4.42. The number of hydrogen-bond donors (Lipinski definition) is 1. The van der Waals surface area contributed by atoms with Crippen LogP contribution in [0.15, 0.2) is 0 Å². The van der Waals surface area contributed by atoms with E-state index >= 15 is 0 Å². The number of rotatable bonds is 1. The minimum absolute atomic E-state index is 0.0700. The van der Waals surface area contributed by atoms with Gasteiger partial charge in [0.15, 0.2) is 0 Å². The average molecular weight is 285 g/mol. The quantitative estimate of drug-likeness (QED) is 0.870. The van der Waals surface area contributed by atoms with Gasteiger partial charge in [-0.3, -0.25) is 0 Å². The zero-order valence-electron chi connectivity index (χ0n) is 10.2. The number of anilines is 1. The summed E-state index contributed by atoms with van der Waals surface area (Å²) in [6, 6.07) is 1.81. The van der Waals surface area contributed by atoms with Gasteiger partial charge in [-0.05, 0) is 18.9 Å². The molecule has 2 aromatic rings. The Hall–Kier alpha value is -1.81. The van der Waals surface area contributed by atoms with E-state index < -0.39 is 11.7 Å². The standard InChI is InChI=1S/C12H10F3N3S/c1-3-6-5(2)9(12(13,14)15)8-10(17)7(4-16)19-11(8)18-6/h3,17H2,1-2H3. The molecule has 2 N–H and O–H groups in total. The van der Waals surface area contributed by atoms with E-state index in [4.69, 9.17) is 11.0 Å². The minimum Gasteiger partial charge on any atom is -0.396 e. The fourth-order valence-corrected chi connectivity index (χ4v) is 2.99. The number of nitrogens with two attached hydrogens (primary N) is 1. The van der Waals surface area contributed by atoms with Gasteiger partial charge < -0.3 is 5.73 Å². The largest absolute Gasteiger partial charge is 0.417 e. The van der Waals surface area contributed by atoms with E-state index in [1.807, 2.05) is 0 Å². The monoisotopic (exact) mass is 285 g/mol. The van der Waals surface area contributed by atoms with Crippen LogP contribution in [0, 0.1) is 18.3 Å². The SMILES string of the molecule is CCc1nc2sc(C#N)c(N)c2c(C(F)(F)F)c1C. The first-order valence-corrected chi connectivity index (χ1v) is 6.31. The van der Waals surface area contributed by atoms with E-state index in [1.165, 1.54) is 6.92 Å². The molecule has 0 fully saturated rings. The van der Waals surface area contributed by atoms with Gasteiger partial charge in [0.1, 0.15) is 15.8 Å². The topological polar surface area (TPSA) is 62.7 Å². The van der Waals surface area contributed by atoms with Gasteiger partial charge in [-0.25, -0.2) is 4.98 Å². The summed E-state index contributed by atoms with van der Waals surface area (Å²) in [5.74, 6) is 0. The number of aryl methyl sites for hydroxylation is 1. The molecule has 0 aliphatic heterocycles. The molecule has 0 aliphatic rings. The lowest BCUT2D eigenvalue weighted by Crippen LogP contribution is -2.11. The second kappa shape index (κ2) is 4.38. The third kappa shape index (κ3) is 2.02. The van der Waals surface area contributed by atoms with Crippen LogP contribution in [0.25, 0.3) is 10.2 Å². The fraction of sp³-hybridized carbons (Fsp3) is 0.333. The normalized spacial score (nSPS) is 11.8. The Kier molecular flexibility index (Phi) is 3.14. The average Bonchev–Trinajstić information content (AvgIpc) is 2.63. The van der Waals surface area contributed by atoms with Crippen molar-refractivity contribution in [2.24, 2.45) is 0 Å². The van der Waals surface area contributed by atoms with Gasteiger partial charge in [0.2, 0.25) is 0 Å². The molecule has 0 bridgehead atoms. The lowest BCUT2D eigenvalue weighted by atomic mass is 10.0. The maximum Gasteiger partial charge on any atom is 0.417 e. The number of fused-ring (bicyclic) bond motifs is 1. The Bertz CT molecular complexity index is 695. The predicted molar refractivity (Wildman–Crippen MR) is 67.9 cm³/mol. The molecule has 0 saturated heterocycles. The zero-order chi connectivity index (χ0) is 14.4. The molecule has 2 aromatic heterocycles. The van der Waals surface area contributed by atoms with Crippen molar-refractivity contribution in [3.8, 4) is 6.07 Å². The van der Waals surface area contributed by atoms with E-state index in [9.17, 15) is 13.2 Å². The maximum absolute atomic E-state index is 13.2. The predicted octanol–water partition coefficient (Wildman–Crippen LogP) is 3.64. The molecule has 0 aliphatic carbocycles. The number of alkyl halides is 3. The molecule has 100 valence electrons. The number of nitrogen functional groups attached to an aromatic ring is 1. The summed E-state index contributed by atoms with van der Waals surface area (Å²) in [7, 11) is 0. The number of hydrogen-bond acceptors (Lipinski definition) is 4. The van der Waals surface area contributed by atoms with Crippen LogP contribution in [0.5, 0.6) is 0 Å². The Labute approximate surface area is 111 Å². The molecule has 0 amide bonds. The molecule has 0 saturated carbocycles. The van der Waals surface area contributed by atoms with E-state index in [1.54, 1.807) is 13.0 Å². The van der Waals surface area contributed by atoms with E-state index in [0.717, 1.165) is 11.3 Å². The van der Waals surface area contributed by atoms with Crippen molar-refractivity contribution in [2.45, 2.75) is 26.4 Å². The Morgan fingerprint density at radius 1 is 1.42 bits per heavy atom. The van der Waals surface area contributed by atoms with Crippen LogP contribution >= 0.6 is 11.3 Å². The molecule has 0 unspecified atom stereocenters. The summed E-state index contributed by atoms with van der Waals surface area (Å²) in [5.41, 5.74) is 5.21. The summed E-state index contributed by atoms with van der Waals surface area (Å²) in [6.07, 6.45) is -4.12. The van der Waals surface area contributed by atoms with E-state index in [-0.39, 0.29) is 26.3 Å². The molecule has 3 nitrogen and oxygen atoms in total. The van der Waals surface area contributed by atoms with Gasteiger partial charge in [-0.15, -0.1) is 11.3 Å². The third-order valence-corrected chi connectivity index (χ3v) is 3.94. The van der Waals surface area contributed by atoms with Crippen molar-refractivity contribution in [3.63, 3.8) is 0 Å². The van der Waals surface area contributed by atoms with Crippen molar-refractivity contribution < 1.29 is 13.2 Å². The molecular formula is C12H10F3N3S. The van der Waals surface area contributed by atoms with Crippen LogP contribution in [-0.4, -0.2) is 4.98 Å². The summed E-state index contributed by atoms with van der Waals surface area (Å²) in [6.45, 7) is 3.13. The van der Waals surface area contributed by atoms with E-state index in [0.29, 0.717) is 12.1 Å². The number of pyridine rings is 1. The first-order chi connectivity index (χ1) is 8.81. The zero-order valence-corrected chi connectivity index (χ0v) is 11.0. The van der Waals surface area contributed by atoms with Crippen LogP contribution < -0.4 is 5.73 Å².